The molecule has 1 aromatic heterocycles. The number of fused-ring (bicyclic) bond motifs is 1. The Morgan fingerprint density at radius 3 is 3.00 bits per heavy atom. The fourth-order valence-corrected chi connectivity index (χ4v) is 2.60. The molecule has 1 fully saturated rings. The second-order valence-corrected chi connectivity index (χ2v) is 5.08. The van der Waals surface area contributed by atoms with E-state index in [1.165, 1.54) is 0 Å². The number of carbonyl (C=O) groups is 1. The fraction of sp³-hybridized carbons (Fsp3) is 0.375. The van der Waals surface area contributed by atoms with E-state index in [1.54, 1.807) is 0 Å². The van der Waals surface area contributed by atoms with Gasteiger partial charge in [0.1, 0.15) is 5.82 Å². The molecule has 110 valence electrons. The molecule has 0 bridgehead atoms. The van der Waals surface area contributed by atoms with Crippen molar-refractivity contribution in [3.05, 3.63) is 35.9 Å². The van der Waals surface area contributed by atoms with E-state index in [0.717, 1.165) is 30.5 Å². The van der Waals surface area contributed by atoms with Crippen LogP contribution in [0.25, 0.3) is 10.9 Å². The molecule has 0 radical (unpaired) electrons. The highest BCUT2D eigenvalue weighted by Crippen LogP contribution is 2.22. The summed E-state index contributed by atoms with van der Waals surface area (Å²) in [5, 5.41) is 3.92. The van der Waals surface area contributed by atoms with Crippen LogP contribution >= 0.6 is 0 Å². The van der Waals surface area contributed by atoms with E-state index in [-0.39, 0.29) is 5.91 Å². The third-order valence-corrected chi connectivity index (χ3v) is 3.71. The normalized spacial score (nSPS) is 15.8. The average molecular weight is 285 g/mol. The Balaban J connectivity index is 2.03. The van der Waals surface area contributed by atoms with Crippen LogP contribution in [0.2, 0.25) is 0 Å². The van der Waals surface area contributed by atoms with E-state index in [4.69, 9.17) is 4.74 Å². The lowest BCUT2D eigenvalue weighted by Gasteiger charge is -2.20. The number of nitrogens with one attached hydrogen (secondary N) is 1. The summed E-state index contributed by atoms with van der Waals surface area (Å²) in [5.74, 6) is 0.763. The highest BCUT2D eigenvalue weighted by Gasteiger charge is 2.20. The van der Waals surface area contributed by atoms with E-state index in [9.17, 15) is 4.79 Å². The molecule has 0 aliphatic carbocycles. The number of anilines is 1. The standard InChI is InChI=1S/C16H19N3O2/c1-17-15-11-13(12-5-2-3-6-14(12)18-15)16(20)19-7-4-9-21-10-8-19/h2-3,5-6,11H,4,7-10H2,1H3,(H,17,18). The van der Waals surface area contributed by atoms with Crippen LogP contribution in [0.5, 0.6) is 0 Å². The number of benzene rings is 1. The SMILES string of the molecule is CNc1cc(C(=O)N2CCCOCC2)c2ccccc2n1. The third-order valence-electron chi connectivity index (χ3n) is 3.71. The number of pyridine rings is 1. The maximum absolute atomic E-state index is 12.8. The van der Waals surface area contributed by atoms with Gasteiger partial charge in [0.15, 0.2) is 0 Å². The summed E-state index contributed by atoms with van der Waals surface area (Å²) in [7, 11) is 1.81. The van der Waals surface area contributed by atoms with Gasteiger partial charge in [0.25, 0.3) is 5.91 Å². The van der Waals surface area contributed by atoms with Gasteiger partial charge in [0.2, 0.25) is 0 Å². The van der Waals surface area contributed by atoms with Gasteiger partial charge in [-0.2, -0.15) is 0 Å². The molecule has 2 heterocycles. The molecule has 0 unspecified atom stereocenters. The van der Waals surface area contributed by atoms with Gasteiger partial charge in [-0.05, 0) is 18.6 Å². The van der Waals surface area contributed by atoms with Gasteiger partial charge < -0.3 is 15.0 Å². The van der Waals surface area contributed by atoms with Crippen molar-refractivity contribution in [1.82, 2.24) is 9.88 Å². The van der Waals surface area contributed by atoms with Gasteiger partial charge in [-0.3, -0.25) is 4.79 Å². The molecule has 3 rings (SSSR count). The predicted octanol–water partition coefficient (Wildman–Crippen LogP) is 2.14. The van der Waals surface area contributed by atoms with Crippen molar-refractivity contribution in [3.8, 4) is 0 Å². The fourth-order valence-electron chi connectivity index (χ4n) is 2.60. The van der Waals surface area contributed by atoms with Crippen LogP contribution in [0.3, 0.4) is 0 Å². The van der Waals surface area contributed by atoms with Crippen molar-refractivity contribution < 1.29 is 9.53 Å². The molecule has 1 amide bonds. The minimum Gasteiger partial charge on any atom is -0.380 e. The highest BCUT2D eigenvalue weighted by molar-refractivity contribution is 6.07. The van der Waals surface area contributed by atoms with Crippen molar-refractivity contribution in [3.63, 3.8) is 0 Å². The van der Waals surface area contributed by atoms with E-state index < -0.39 is 0 Å². The largest absolute Gasteiger partial charge is 0.380 e. The van der Waals surface area contributed by atoms with Crippen molar-refractivity contribution in [2.24, 2.45) is 0 Å². The lowest BCUT2D eigenvalue weighted by molar-refractivity contribution is 0.0743. The second kappa shape index (κ2) is 6.10. The highest BCUT2D eigenvalue weighted by atomic mass is 16.5. The zero-order chi connectivity index (χ0) is 14.7. The molecule has 1 aliphatic heterocycles. The van der Waals surface area contributed by atoms with Crippen LogP contribution in [-0.2, 0) is 4.74 Å². The van der Waals surface area contributed by atoms with Gasteiger partial charge in [0.05, 0.1) is 17.7 Å². The molecule has 5 nitrogen and oxygen atoms in total. The maximum atomic E-state index is 12.8. The number of hydrogen-bond donors (Lipinski definition) is 1. The number of ether oxygens (including phenoxy) is 1. The molecule has 1 N–H and O–H groups in total. The van der Waals surface area contributed by atoms with E-state index >= 15 is 0 Å². The molecular weight excluding hydrogens is 266 g/mol. The molecule has 0 atom stereocenters. The van der Waals surface area contributed by atoms with Crippen molar-refractivity contribution in [2.45, 2.75) is 6.42 Å². The van der Waals surface area contributed by atoms with E-state index in [1.807, 2.05) is 42.3 Å². The van der Waals surface area contributed by atoms with Gasteiger partial charge >= 0.3 is 0 Å². The summed E-state index contributed by atoms with van der Waals surface area (Å²) in [5.41, 5.74) is 1.53. The maximum Gasteiger partial charge on any atom is 0.254 e. The number of hydrogen-bond acceptors (Lipinski definition) is 4. The molecule has 0 saturated carbocycles. The van der Waals surface area contributed by atoms with Crippen molar-refractivity contribution >= 4 is 22.6 Å². The third kappa shape index (κ3) is 2.83. The average Bonchev–Trinajstić information content (AvgIpc) is 2.82. The zero-order valence-electron chi connectivity index (χ0n) is 12.1. The van der Waals surface area contributed by atoms with Crippen LogP contribution in [-0.4, -0.2) is 49.1 Å². The second-order valence-electron chi connectivity index (χ2n) is 5.08. The Kier molecular flexibility index (Phi) is 4.01. The monoisotopic (exact) mass is 285 g/mol. The quantitative estimate of drug-likeness (QED) is 0.918. The molecule has 1 saturated heterocycles. The summed E-state index contributed by atoms with van der Waals surface area (Å²) in [6.07, 6.45) is 0.883. The minimum atomic E-state index is 0.0515. The van der Waals surface area contributed by atoms with Crippen LogP contribution in [0.15, 0.2) is 30.3 Å². The Morgan fingerprint density at radius 1 is 1.29 bits per heavy atom. The summed E-state index contributed by atoms with van der Waals surface area (Å²) >= 11 is 0. The Bertz CT molecular complexity index is 649. The number of amides is 1. The zero-order valence-corrected chi connectivity index (χ0v) is 12.1. The number of carbonyl (C=O) groups excluding carboxylic acids is 1. The minimum absolute atomic E-state index is 0.0515. The van der Waals surface area contributed by atoms with Crippen LogP contribution in [0.1, 0.15) is 16.8 Å². The molecule has 2 aromatic rings. The summed E-state index contributed by atoms with van der Waals surface area (Å²) in [6, 6.07) is 9.58. The number of para-hydroxylation sites is 1. The van der Waals surface area contributed by atoms with Crippen LogP contribution < -0.4 is 5.32 Å². The van der Waals surface area contributed by atoms with E-state index in [0.29, 0.717) is 24.5 Å². The smallest absolute Gasteiger partial charge is 0.254 e. The Hall–Kier alpha value is -2.14. The van der Waals surface area contributed by atoms with Gasteiger partial charge in [-0.15, -0.1) is 0 Å². The van der Waals surface area contributed by atoms with Crippen LogP contribution in [0.4, 0.5) is 5.82 Å². The first-order chi connectivity index (χ1) is 10.3. The van der Waals surface area contributed by atoms with Crippen molar-refractivity contribution in [2.75, 3.05) is 38.7 Å². The van der Waals surface area contributed by atoms with Crippen molar-refractivity contribution in [1.29, 1.82) is 0 Å². The first kappa shape index (κ1) is 13.8. The summed E-state index contributed by atoms with van der Waals surface area (Å²) < 4.78 is 5.42. The summed E-state index contributed by atoms with van der Waals surface area (Å²) in [4.78, 5) is 19.2. The van der Waals surface area contributed by atoms with Crippen LogP contribution in [0, 0.1) is 0 Å². The van der Waals surface area contributed by atoms with Gasteiger partial charge in [-0.25, -0.2) is 4.98 Å². The molecule has 1 aliphatic rings. The summed E-state index contributed by atoms with van der Waals surface area (Å²) in [6.45, 7) is 2.71. The Labute approximate surface area is 123 Å². The molecule has 21 heavy (non-hydrogen) atoms. The molecule has 1 aromatic carbocycles. The first-order valence-electron chi connectivity index (χ1n) is 7.24. The van der Waals surface area contributed by atoms with Gasteiger partial charge in [-0.1, -0.05) is 18.2 Å². The number of aromatic nitrogens is 1. The molecular formula is C16H19N3O2. The predicted molar refractivity (Wildman–Crippen MR) is 82.6 cm³/mol. The lowest BCUT2D eigenvalue weighted by Crippen LogP contribution is -2.33. The number of rotatable bonds is 2. The first-order valence-corrected chi connectivity index (χ1v) is 7.24. The topological polar surface area (TPSA) is 54.5 Å². The van der Waals surface area contributed by atoms with Gasteiger partial charge in [0, 0.05) is 32.1 Å². The Morgan fingerprint density at radius 2 is 2.14 bits per heavy atom. The van der Waals surface area contributed by atoms with E-state index in [2.05, 4.69) is 10.3 Å². The molecule has 5 heteroatoms. The number of nitrogens with zero attached hydrogens (tertiary/aromatic N) is 2. The molecule has 0 spiro atoms. The lowest BCUT2D eigenvalue weighted by atomic mass is 10.1.